The van der Waals surface area contributed by atoms with Gasteiger partial charge < -0.3 is 5.32 Å². The molecule has 0 saturated carbocycles. The summed E-state index contributed by atoms with van der Waals surface area (Å²) >= 11 is 0. The summed E-state index contributed by atoms with van der Waals surface area (Å²) in [6, 6.07) is 8.83. The van der Waals surface area contributed by atoms with Crippen LogP contribution in [0.1, 0.15) is 40.9 Å². The minimum absolute atomic E-state index is 0.317. The number of rotatable bonds is 3. The van der Waals surface area contributed by atoms with Gasteiger partial charge in [0.2, 0.25) is 0 Å². The van der Waals surface area contributed by atoms with Crippen LogP contribution in [0.25, 0.3) is 0 Å². The van der Waals surface area contributed by atoms with E-state index in [1.54, 1.807) is 0 Å². The van der Waals surface area contributed by atoms with Crippen molar-refractivity contribution in [1.29, 1.82) is 0 Å². The number of hydrogen-bond acceptors (Lipinski definition) is 3. The van der Waals surface area contributed by atoms with Gasteiger partial charge in [0.1, 0.15) is 0 Å². The van der Waals surface area contributed by atoms with E-state index in [0.29, 0.717) is 12.0 Å². The van der Waals surface area contributed by atoms with Crippen molar-refractivity contribution in [1.82, 2.24) is 15.3 Å². The summed E-state index contributed by atoms with van der Waals surface area (Å²) in [6.45, 7) is 2.04. The summed E-state index contributed by atoms with van der Waals surface area (Å²) in [5.41, 5.74) is 5.03. The van der Waals surface area contributed by atoms with Crippen LogP contribution in [-0.2, 0) is 6.42 Å². The molecule has 19 heavy (non-hydrogen) atoms. The molecule has 0 aromatic carbocycles. The fourth-order valence-electron chi connectivity index (χ4n) is 3.13. The minimum atomic E-state index is 0.317. The predicted molar refractivity (Wildman–Crippen MR) is 76.1 cm³/mol. The average molecular weight is 253 g/mol. The maximum absolute atomic E-state index is 4.60. The number of aromatic nitrogens is 2. The van der Waals surface area contributed by atoms with Gasteiger partial charge in [-0.15, -0.1) is 0 Å². The third kappa shape index (κ3) is 2.26. The highest BCUT2D eigenvalue weighted by Crippen LogP contribution is 2.40. The molecule has 0 spiro atoms. The second-order valence-corrected chi connectivity index (χ2v) is 5.19. The first-order valence-corrected chi connectivity index (χ1v) is 6.83. The van der Waals surface area contributed by atoms with Crippen molar-refractivity contribution in [2.24, 2.45) is 0 Å². The van der Waals surface area contributed by atoms with Crippen molar-refractivity contribution in [3.8, 4) is 0 Å². The molecule has 0 amide bonds. The van der Waals surface area contributed by atoms with Gasteiger partial charge in [-0.05, 0) is 56.1 Å². The largest absolute Gasteiger partial charge is 0.312 e. The lowest BCUT2D eigenvalue weighted by atomic mass is 9.91. The molecule has 3 nitrogen and oxygen atoms in total. The Morgan fingerprint density at radius 1 is 1.26 bits per heavy atom. The zero-order chi connectivity index (χ0) is 13.2. The van der Waals surface area contributed by atoms with Crippen LogP contribution in [0.3, 0.4) is 0 Å². The van der Waals surface area contributed by atoms with Crippen LogP contribution in [-0.4, -0.2) is 17.0 Å². The molecular formula is C16H19N3. The molecule has 2 aromatic rings. The number of hydrogen-bond donors (Lipinski definition) is 1. The van der Waals surface area contributed by atoms with E-state index >= 15 is 0 Å². The normalized spacial score (nSPS) is 19.2. The Balaban J connectivity index is 1.96. The molecule has 0 aliphatic heterocycles. The molecular weight excluding hydrogens is 234 g/mol. The number of nitrogens with one attached hydrogen (secondary N) is 1. The Morgan fingerprint density at radius 3 is 2.95 bits per heavy atom. The molecule has 1 aliphatic carbocycles. The fraction of sp³-hybridized carbons (Fsp3) is 0.375. The second-order valence-electron chi connectivity index (χ2n) is 5.19. The van der Waals surface area contributed by atoms with E-state index in [-0.39, 0.29) is 0 Å². The van der Waals surface area contributed by atoms with Crippen LogP contribution < -0.4 is 5.32 Å². The topological polar surface area (TPSA) is 37.8 Å². The first kappa shape index (κ1) is 12.3. The first-order chi connectivity index (χ1) is 9.29. The lowest BCUT2D eigenvalue weighted by molar-refractivity contribution is 0.469. The molecule has 98 valence electrons. The Bertz CT molecular complexity index is 580. The molecule has 2 heterocycles. The standard InChI is InChI=1S/C16H19N3/c1-11-10-13(7-9-18-11)15(17-2)14-6-5-12-4-3-8-19-16(12)14/h3-4,7-10,14-15,17H,5-6H2,1-2H3. The van der Waals surface area contributed by atoms with E-state index in [4.69, 9.17) is 0 Å². The molecule has 1 aliphatic rings. The van der Waals surface area contributed by atoms with Crippen LogP contribution in [0.2, 0.25) is 0 Å². The SMILES string of the molecule is CNC(c1ccnc(C)c1)C1CCc2cccnc21. The van der Waals surface area contributed by atoms with Crippen molar-refractivity contribution in [2.45, 2.75) is 31.7 Å². The molecule has 2 atom stereocenters. The minimum Gasteiger partial charge on any atom is -0.312 e. The van der Waals surface area contributed by atoms with E-state index in [0.717, 1.165) is 12.1 Å². The van der Waals surface area contributed by atoms with Crippen LogP contribution in [0.15, 0.2) is 36.7 Å². The number of fused-ring (bicyclic) bond motifs is 1. The average Bonchev–Trinajstić information content (AvgIpc) is 2.84. The van der Waals surface area contributed by atoms with E-state index in [2.05, 4.69) is 33.5 Å². The van der Waals surface area contributed by atoms with Crippen molar-refractivity contribution in [2.75, 3.05) is 7.05 Å². The van der Waals surface area contributed by atoms with Crippen molar-refractivity contribution in [3.63, 3.8) is 0 Å². The molecule has 1 N–H and O–H groups in total. The van der Waals surface area contributed by atoms with Gasteiger partial charge >= 0.3 is 0 Å². The number of aryl methyl sites for hydroxylation is 2. The fourth-order valence-corrected chi connectivity index (χ4v) is 3.13. The summed E-state index contributed by atoms with van der Waals surface area (Å²) in [5, 5.41) is 3.46. The van der Waals surface area contributed by atoms with Crippen LogP contribution in [0, 0.1) is 6.92 Å². The van der Waals surface area contributed by atoms with Gasteiger partial charge in [-0.1, -0.05) is 6.07 Å². The quantitative estimate of drug-likeness (QED) is 0.914. The summed E-state index contributed by atoms with van der Waals surface area (Å²) in [4.78, 5) is 8.89. The number of likely N-dealkylation sites (N-methyl/N-ethyl adjacent to an activating group) is 1. The zero-order valence-electron chi connectivity index (χ0n) is 11.4. The van der Waals surface area contributed by atoms with Gasteiger partial charge in [-0.2, -0.15) is 0 Å². The van der Waals surface area contributed by atoms with Crippen molar-refractivity contribution >= 4 is 0 Å². The summed E-state index contributed by atoms with van der Waals surface area (Å²) in [7, 11) is 2.03. The van der Waals surface area contributed by atoms with E-state index in [1.807, 2.05) is 32.4 Å². The highest BCUT2D eigenvalue weighted by Gasteiger charge is 2.31. The molecule has 0 fully saturated rings. The lowest BCUT2D eigenvalue weighted by Crippen LogP contribution is -2.23. The lowest BCUT2D eigenvalue weighted by Gasteiger charge is -2.24. The number of nitrogens with zero attached hydrogens (tertiary/aromatic N) is 2. The maximum atomic E-state index is 4.60. The second kappa shape index (κ2) is 5.10. The number of pyridine rings is 2. The smallest absolute Gasteiger partial charge is 0.0485 e. The highest BCUT2D eigenvalue weighted by molar-refractivity contribution is 5.33. The molecule has 0 saturated heterocycles. The van der Waals surface area contributed by atoms with Crippen molar-refractivity contribution in [3.05, 3.63) is 59.2 Å². The van der Waals surface area contributed by atoms with Gasteiger partial charge in [0.25, 0.3) is 0 Å². The first-order valence-electron chi connectivity index (χ1n) is 6.83. The molecule has 2 unspecified atom stereocenters. The van der Waals surface area contributed by atoms with Gasteiger partial charge in [0.05, 0.1) is 0 Å². The zero-order valence-corrected chi connectivity index (χ0v) is 11.4. The summed E-state index contributed by atoms with van der Waals surface area (Å²) in [6.07, 6.45) is 6.10. The molecule has 3 heteroatoms. The highest BCUT2D eigenvalue weighted by atomic mass is 14.9. The molecule has 0 bridgehead atoms. The Kier molecular flexibility index (Phi) is 3.30. The van der Waals surface area contributed by atoms with Crippen LogP contribution in [0.4, 0.5) is 0 Å². The third-order valence-corrected chi connectivity index (χ3v) is 4.00. The summed E-state index contributed by atoms with van der Waals surface area (Å²) in [5.74, 6) is 0.461. The van der Waals surface area contributed by atoms with Gasteiger partial charge in [0, 0.05) is 35.7 Å². The Hall–Kier alpha value is -1.74. The van der Waals surface area contributed by atoms with Crippen LogP contribution in [0.5, 0.6) is 0 Å². The van der Waals surface area contributed by atoms with Gasteiger partial charge in [-0.25, -0.2) is 0 Å². The van der Waals surface area contributed by atoms with Gasteiger partial charge in [0.15, 0.2) is 0 Å². The molecule has 3 rings (SSSR count). The summed E-state index contributed by atoms with van der Waals surface area (Å²) < 4.78 is 0. The maximum Gasteiger partial charge on any atom is 0.0485 e. The molecule has 2 aromatic heterocycles. The Morgan fingerprint density at radius 2 is 2.16 bits per heavy atom. The Labute approximate surface area is 114 Å². The monoisotopic (exact) mass is 253 g/mol. The predicted octanol–water partition coefficient (Wildman–Crippen LogP) is 2.78. The van der Waals surface area contributed by atoms with E-state index in [9.17, 15) is 0 Å². The van der Waals surface area contributed by atoms with Crippen molar-refractivity contribution < 1.29 is 0 Å². The van der Waals surface area contributed by atoms with E-state index in [1.165, 1.54) is 23.2 Å². The van der Waals surface area contributed by atoms with Gasteiger partial charge in [-0.3, -0.25) is 9.97 Å². The molecule has 0 radical (unpaired) electrons. The van der Waals surface area contributed by atoms with E-state index < -0.39 is 0 Å². The third-order valence-electron chi connectivity index (χ3n) is 4.00. The van der Waals surface area contributed by atoms with Crippen LogP contribution >= 0.6 is 0 Å².